The second-order valence-electron chi connectivity index (χ2n) is 3.99. The number of aromatic nitrogens is 3. The lowest BCUT2D eigenvalue weighted by molar-refractivity contribution is 0.0330. The van der Waals surface area contributed by atoms with Crippen LogP contribution < -0.4 is 5.69 Å². The highest BCUT2D eigenvalue weighted by Crippen LogP contribution is 2.45. The van der Waals surface area contributed by atoms with Crippen LogP contribution >= 0.6 is 7.75 Å². The summed E-state index contributed by atoms with van der Waals surface area (Å²) in [7, 11) is -1.28. The zero-order valence-corrected chi connectivity index (χ0v) is 11.8. The van der Waals surface area contributed by atoms with Crippen molar-refractivity contribution in [2.75, 3.05) is 40.5 Å². The number of ether oxygens (including phenoxy) is 1. The normalized spacial score (nSPS) is 17.8. The molecule has 2 rings (SSSR count). The zero-order valence-electron chi connectivity index (χ0n) is 10.9. The molecular weight excluding hydrogens is 275 g/mol. The Morgan fingerprint density at radius 2 is 2.00 bits per heavy atom. The Labute approximate surface area is 110 Å². The van der Waals surface area contributed by atoms with Gasteiger partial charge >= 0.3 is 13.4 Å². The van der Waals surface area contributed by atoms with E-state index in [2.05, 4.69) is 15.0 Å². The van der Waals surface area contributed by atoms with E-state index in [0.717, 1.165) is 17.5 Å². The third-order valence-corrected chi connectivity index (χ3v) is 4.48. The van der Waals surface area contributed by atoms with E-state index >= 15 is 0 Å². The molecule has 0 saturated carbocycles. The van der Waals surface area contributed by atoms with Gasteiger partial charge in [0.15, 0.2) is 0 Å². The fraction of sp³-hybridized carbons (Fsp3) is 0.778. The van der Waals surface area contributed by atoms with E-state index in [1.54, 1.807) is 0 Å². The van der Waals surface area contributed by atoms with Crippen molar-refractivity contribution in [3.8, 4) is 0 Å². The van der Waals surface area contributed by atoms with Gasteiger partial charge < -0.3 is 4.74 Å². The molecule has 0 unspecified atom stereocenters. The predicted octanol–water partition coefficient (Wildman–Crippen LogP) is -0.347. The molecule has 1 aliphatic rings. The summed E-state index contributed by atoms with van der Waals surface area (Å²) in [6.45, 7) is 3.29. The van der Waals surface area contributed by atoms with Crippen molar-refractivity contribution in [3.05, 3.63) is 16.3 Å². The van der Waals surface area contributed by atoms with Crippen LogP contribution in [0.15, 0.2) is 4.79 Å². The Balaban J connectivity index is 2.16. The largest absolute Gasteiger partial charge is 0.459 e. The molecule has 1 aromatic rings. The van der Waals surface area contributed by atoms with Crippen LogP contribution in [0.5, 0.6) is 0 Å². The minimum Gasteiger partial charge on any atom is -0.379 e. The van der Waals surface area contributed by atoms with Gasteiger partial charge in [0.2, 0.25) is 0 Å². The van der Waals surface area contributed by atoms with Crippen molar-refractivity contribution in [2.24, 2.45) is 0 Å². The molecule has 0 aromatic carbocycles. The minimum atomic E-state index is -3.68. The summed E-state index contributed by atoms with van der Waals surface area (Å²) in [4.78, 5) is 16.3. The lowest BCUT2D eigenvalue weighted by Crippen LogP contribution is -2.36. The van der Waals surface area contributed by atoms with Crippen molar-refractivity contribution in [1.29, 1.82) is 0 Å². The van der Waals surface area contributed by atoms with Crippen LogP contribution in [0.4, 0.5) is 0 Å². The van der Waals surface area contributed by atoms with Gasteiger partial charge in [-0.05, 0) is 0 Å². The number of H-pyrrole nitrogens is 1. The monoisotopic (exact) mass is 292 g/mol. The van der Waals surface area contributed by atoms with Crippen LogP contribution in [0.25, 0.3) is 0 Å². The molecule has 1 N–H and O–H groups in total. The summed E-state index contributed by atoms with van der Waals surface area (Å²) in [5.41, 5.74) is -0.615. The van der Waals surface area contributed by atoms with Crippen molar-refractivity contribution >= 4 is 7.75 Å². The molecule has 19 heavy (non-hydrogen) atoms. The predicted molar refractivity (Wildman–Crippen MR) is 66.0 cm³/mol. The van der Waals surface area contributed by atoms with Crippen molar-refractivity contribution < 1.29 is 18.3 Å². The van der Waals surface area contributed by atoms with E-state index in [1.165, 1.54) is 14.2 Å². The molecule has 0 atom stereocenters. The molecule has 0 radical (unpaired) electrons. The molecule has 1 aliphatic heterocycles. The van der Waals surface area contributed by atoms with E-state index in [1.807, 2.05) is 0 Å². The third-order valence-electron chi connectivity index (χ3n) is 2.82. The fourth-order valence-electron chi connectivity index (χ4n) is 1.80. The van der Waals surface area contributed by atoms with E-state index in [0.29, 0.717) is 25.6 Å². The van der Waals surface area contributed by atoms with Gasteiger partial charge in [-0.3, -0.25) is 18.9 Å². The zero-order chi connectivity index (χ0) is 13.9. The highest BCUT2D eigenvalue weighted by Gasteiger charge is 2.29. The highest BCUT2D eigenvalue weighted by atomic mass is 31.2. The van der Waals surface area contributed by atoms with Crippen LogP contribution in [-0.4, -0.2) is 60.0 Å². The van der Waals surface area contributed by atoms with Gasteiger partial charge in [-0.25, -0.2) is 9.36 Å². The van der Waals surface area contributed by atoms with Gasteiger partial charge in [-0.1, -0.05) is 0 Å². The maximum atomic E-state index is 12.1. The number of nitrogens with zero attached hydrogens (tertiary/aromatic N) is 3. The summed E-state index contributed by atoms with van der Waals surface area (Å²) in [5, 5.41) is 3.97. The Bertz CT molecular complexity index is 513. The van der Waals surface area contributed by atoms with Crippen LogP contribution in [0.3, 0.4) is 0 Å². The third kappa shape index (κ3) is 3.13. The molecular formula is C9H17N4O5P. The summed E-state index contributed by atoms with van der Waals surface area (Å²) in [5.74, 6) is 0.418. The average molecular weight is 292 g/mol. The molecule has 2 heterocycles. The topological polar surface area (TPSA) is 98.7 Å². The Morgan fingerprint density at radius 1 is 1.37 bits per heavy atom. The summed E-state index contributed by atoms with van der Waals surface area (Å²) < 4.78 is 27.5. The molecule has 9 nitrogen and oxygen atoms in total. The molecule has 10 heteroatoms. The van der Waals surface area contributed by atoms with Gasteiger partial charge in [0.1, 0.15) is 5.82 Å². The molecule has 0 aliphatic carbocycles. The van der Waals surface area contributed by atoms with Gasteiger partial charge in [0.05, 0.1) is 19.8 Å². The van der Waals surface area contributed by atoms with Gasteiger partial charge in [-0.2, -0.15) is 0 Å². The summed E-state index contributed by atoms with van der Waals surface area (Å²) in [6, 6.07) is 0. The molecule has 0 spiro atoms. The fourth-order valence-corrected chi connectivity index (χ4v) is 2.74. The summed E-state index contributed by atoms with van der Waals surface area (Å²) >= 11 is 0. The second-order valence-corrected chi connectivity index (χ2v) is 6.03. The lowest BCUT2D eigenvalue weighted by atomic mass is 10.4. The number of hydrogen-bond donors (Lipinski definition) is 1. The molecule has 0 amide bonds. The van der Waals surface area contributed by atoms with Gasteiger partial charge in [-0.15, -0.1) is 9.55 Å². The Hall–Kier alpha value is -0.990. The first kappa shape index (κ1) is 14.4. The van der Waals surface area contributed by atoms with Crippen LogP contribution in [0, 0.1) is 0 Å². The van der Waals surface area contributed by atoms with E-state index in [4.69, 9.17) is 13.8 Å². The van der Waals surface area contributed by atoms with Crippen molar-refractivity contribution in [1.82, 2.24) is 19.4 Å². The molecule has 1 saturated heterocycles. The van der Waals surface area contributed by atoms with Gasteiger partial charge in [0.25, 0.3) is 0 Å². The standard InChI is InChI=1S/C9H17N4O5P/c1-16-19(15,17-2)13-9(14)10-8(11-13)7-12-3-5-18-6-4-12/h3-7H2,1-2H3,(H,10,11,14). The number of aromatic amines is 1. The quantitative estimate of drug-likeness (QED) is 0.741. The number of rotatable bonds is 5. The van der Waals surface area contributed by atoms with E-state index < -0.39 is 13.4 Å². The average Bonchev–Trinajstić information content (AvgIpc) is 2.80. The SMILES string of the molecule is COP(=O)(OC)n1nc(CN2CCOCC2)[nH]c1=O. The van der Waals surface area contributed by atoms with E-state index in [-0.39, 0.29) is 0 Å². The molecule has 1 fully saturated rings. The minimum absolute atomic E-state index is 0.418. The molecule has 1 aromatic heterocycles. The number of hydrogen-bond acceptors (Lipinski definition) is 7. The maximum absolute atomic E-state index is 12.1. The first-order valence-electron chi connectivity index (χ1n) is 5.80. The highest BCUT2D eigenvalue weighted by molar-refractivity contribution is 7.51. The van der Waals surface area contributed by atoms with Crippen molar-refractivity contribution in [2.45, 2.75) is 6.54 Å². The second kappa shape index (κ2) is 5.98. The first-order chi connectivity index (χ1) is 9.09. The van der Waals surface area contributed by atoms with Crippen LogP contribution in [-0.2, 0) is 24.9 Å². The number of morpholine rings is 1. The first-order valence-corrected chi connectivity index (χ1v) is 7.29. The van der Waals surface area contributed by atoms with Crippen LogP contribution in [0.1, 0.15) is 5.82 Å². The Kier molecular flexibility index (Phi) is 4.54. The maximum Gasteiger partial charge on any atom is 0.459 e. The van der Waals surface area contributed by atoms with Crippen LogP contribution in [0.2, 0.25) is 0 Å². The summed E-state index contributed by atoms with van der Waals surface area (Å²) in [6.07, 6.45) is 0. The molecule has 108 valence electrons. The van der Waals surface area contributed by atoms with Crippen molar-refractivity contribution in [3.63, 3.8) is 0 Å². The number of nitrogens with one attached hydrogen (secondary N) is 1. The van der Waals surface area contributed by atoms with Gasteiger partial charge in [0, 0.05) is 27.3 Å². The smallest absolute Gasteiger partial charge is 0.379 e. The molecule has 0 bridgehead atoms. The Morgan fingerprint density at radius 3 is 2.58 bits per heavy atom. The van der Waals surface area contributed by atoms with E-state index in [9.17, 15) is 9.36 Å². The lowest BCUT2D eigenvalue weighted by Gasteiger charge is -2.25.